The number of fused-ring (bicyclic) bond motifs is 1. The van der Waals surface area contributed by atoms with Crippen LogP contribution < -0.4 is 5.32 Å². The zero-order chi connectivity index (χ0) is 25.3. The molecule has 186 valence electrons. The van der Waals surface area contributed by atoms with Crippen LogP contribution in [0.1, 0.15) is 46.0 Å². The predicted octanol–water partition coefficient (Wildman–Crippen LogP) is 6.34. The molecule has 1 saturated heterocycles. The monoisotopic (exact) mass is 481 g/mol. The normalized spacial score (nSPS) is 18.9. The van der Waals surface area contributed by atoms with Gasteiger partial charge in [0.1, 0.15) is 11.6 Å². The SMILES string of the molecule is CC1CN(Cc2nc(Nc3ccc(C(C)(C)C)cc3)c3ccc(-c4ccccn4)cc3n2)CC(C)O1. The van der Waals surface area contributed by atoms with Crippen molar-refractivity contribution in [2.24, 2.45) is 0 Å². The van der Waals surface area contributed by atoms with Crippen LogP contribution in [-0.4, -0.2) is 45.1 Å². The van der Waals surface area contributed by atoms with Crippen molar-refractivity contribution in [1.29, 1.82) is 0 Å². The number of hydrogen-bond donors (Lipinski definition) is 1. The molecule has 1 aliphatic rings. The van der Waals surface area contributed by atoms with Gasteiger partial charge in [0.15, 0.2) is 0 Å². The summed E-state index contributed by atoms with van der Waals surface area (Å²) in [5.41, 5.74) is 5.31. The van der Waals surface area contributed by atoms with Crippen LogP contribution in [0.4, 0.5) is 11.5 Å². The molecule has 5 rings (SSSR count). The van der Waals surface area contributed by atoms with Crippen molar-refractivity contribution in [3.05, 3.63) is 78.2 Å². The predicted molar refractivity (Wildman–Crippen MR) is 146 cm³/mol. The molecule has 0 radical (unpaired) electrons. The third-order valence-corrected chi connectivity index (χ3v) is 6.58. The average Bonchev–Trinajstić information content (AvgIpc) is 2.83. The van der Waals surface area contributed by atoms with Crippen LogP contribution in [0.3, 0.4) is 0 Å². The molecule has 1 N–H and O–H groups in total. The molecule has 1 aliphatic heterocycles. The summed E-state index contributed by atoms with van der Waals surface area (Å²) < 4.78 is 5.92. The number of pyridine rings is 1. The van der Waals surface area contributed by atoms with Crippen LogP contribution in [0.15, 0.2) is 66.9 Å². The molecule has 2 unspecified atom stereocenters. The maximum atomic E-state index is 5.92. The molecule has 2 atom stereocenters. The highest BCUT2D eigenvalue weighted by molar-refractivity contribution is 5.93. The molecule has 0 spiro atoms. The first-order chi connectivity index (χ1) is 17.2. The van der Waals surface area contributed by atoms with E-state index in [9.17, 15) is 0 Å². The van der Waals surface area contributed by atoms with Crippen LogP contribution in [0.25, 0.3) is 22.2 Å². The number of hydrogen-bond acceptors (Lipinski definition) is 6. The van der Waals surface area contributed by atoms with Gasteiger partial charge in [-0.25, -0.2) is 9.97 Å². The largest absolute Gasteiger partial charge is 0.373 e. The van der Waals surface area contributed by atoms with Gasteiger partial charge in [-0.2, -0.15) is 0 Å². The van der Waals surface area contributed by atoms with Gasteiger partial charge < -0.3 is 10.1 Å². The summed E-state index contributed by atoms with van der Waals surface area (Å²) in [6, 6.07) is 20.9. The number of ether oxygens (including phenoxy) is 1. The van der Waals surface area contributed by atoms with Crippen LogP contribution in [0, 0.1) is 0 Å². The number of benzene rings is 2. The minimum Gasteiger partial charge on any atom is -0.373 e. The van der Waals surface area contributed by atoms with Crippen molar-refractivity contribution in [2.45, 2.75) is 58.8 Å². The van der Waals surface area contributed by atoms with E-state index in [1.54, 1.807) is 0 Å². The Hall–Kier alpha value is -3.35. The minimum atomic E-state index is 0.113. The Kier molecular flexibility index (Phi) is 6.73. The highest BCUT2D eigenvalue weighted by Crippen LogP contribution is 2.30. The quantitative estimate of drug-likeness (QED) is 0.359. The lowest BCUT2D eigenvalue weighted by Gasteiger charge is -2.34. The molecule has 6 nitrogen and oxygen atoms in total. The lowest BCUT2D eigenvalue weighted by molar-refractivity contribution is -0.0710. The molecule has 0 bridgehead atoms. The Labute approximate surface area is 213 Å². The Morgan fingerprint density at radius 3 is 2.36 bits per heavy atom. The second kappa shape index (κ2) is 9.96. The zero-order valence-electron chi connectivity index (χ0n) is 21.8. The Morgan fingerprint density at radius 2 is 1.69 bits per heavy atom. The Morgan fingerprint density at radius 1 is 0.944 bits per heavy atom. The van der Waals surface area contributed by atoms with Crippen LogP contribution >= 0.6 is 0 Å². The molecule has 36 heavy (non-hydrogen) atoms. The maximum absolute atomic E-state index is 5.92. The average molecular weight is 482 g/mol. The first-order valence-electron chi connectivity index (χ1n) is 12.7. The summed E-state index contributed by atoms with van der Waals surface area (Å²) in [4.78, 5) is 16.9. The summed E-state index contributed by atoms with van der Waals surface area (Å²) >= 11 is 0. The second-order valence-electron chi connectivity index (χ2n) is 10.8. The van der Waals surface area contributed by atoms with Gasteiger partial charge in [-0.1, -0.05) is 45.0 Å². The van der Waals surface area contributed by atoms with Crippen molar-refractivity contribution >= 4 is 22.4 Å². The second-order valence-corrected chi connectivity index (χ2v) is 10.8. The number of anilines is 2. The minimum absolute atomic E-state index is 0.113. The van der Waals surface area contributed by atoms with E-state index >= 15 is 0 Å². The highest BCUT2D eigenvalue weighted by Gasteiger charge is 2.23. The summed E-state index contributed by atoms with van der Waals surface area (Å²) in [5, 5.41) is 4.56. The lowest BCUT2D eigenvalue weighted by atomic mass is 9.87. The van der Waals surface area contributed by atoms with Crippen molar-refractivity contribution in [1.82, 2.24) is 19.9 Å². The molecule has 0 aliphatic carbocycles. The van der Waals surface area contributed by atoms with Gasteiger partial charge in [0.25, 0.3) is 0 Å². The first-order valence-corrected chi connectivity index (χ1v) is 12.7. The van der Waals surface area contributed by atoms with E-state index in [-0.39, 0.29) is 17.6 Å². The third-order valence-electron chi connectivity index (χ3n) is 6.58. The number of nitrogens with one attached hydrogen (secondary N) is 1. The van der Waals surface area contributed by atoms with E-state index in [2.05, 4.69) is 92.3 Å². The number of aromatic nitrogens is 3. The fraction of sp³-hybridized carbons (Fsp3) is 0.367. The van der Waals surface area contributed by atoms with E-state index in [1.165, 1.54) is 5.56 Å². The molecular weight excluding hydrogens is 446 g/mol. The molecule has 4 aromatic rings. The van der Waals surface area contributed by atoms with E-state index in [1.807, 2.05) is 24.4 Å². The molecule has 6 heteroatoms. The molecule has 2 aromatic heterocycles. The van der Waals surface area contributed by atoms with E-state index < -0.39 is 0 Å². The van der Waals surface area contributed by atoms with Crippen molar-refractivity contribution in [2.75, 3.05) is 18.4 Å². The van der Waals surface area contributed by atoms with Crippen LogP contribution in [0.2, 0.25) is 0 Å². The fourth-order valence-corrected chi connectivity index (χ4v) is 4.84. The number of morpholine rings is 1. The standard InChI is InChI=1S/C30H35N5O/c1-20-17-35(18-21(2)36-20)19-28-33-27-16-22(26-8-6-7-15-31-26)9-14-25(27)29(34-28)32-24-12-10-23(11-13-24)30(3,4)5/h6-16,20-21H,17-19H2,1-5H3,(H,32,33,34). The van der Waals surface area contributed by atoms with Gasteiger partial charge in [0.05, 0.1) is 30.0 Å². The van der Waals surface area contributed by atoms with Crippen LogP contribution in [-0.2, 0) is 16.7 Å². The fourth-order valence-electron chi connectivity index (χ4n) is 4.84. The first kappa shape index (κ1) is 24.3. The van der Waals surface area contributed by atoms with Crippen LogP contribution in [0.5, 0.6) is 0 Å². The van der Waals surface area contributed by atoms with Crippen molar-refractivity contribution < 1.29 is 4.74 Å². The summed E-state index contributed by atoms with van der Waals surface area (Å²) in [6.45, 7) is 13.4. The lowest BCUT2D eigenvalue weighted by Crippen LogP contribution is -2.45. The van der Waals surface area contributed by atoms with E-state index in [0.717, 1.165) is 52.6 Å². The molecular formula is C30H35N5O. The summed E-state index contributed by atoms with van der Waals surface area (Å²) in [5.74, 6) is 1.62. The van der Waals surface area contributed by atoms with Gasteiger partial charge in [-0.05, 0) is 61.2 Å². The topological polar surface area (TPSA) is 63.2 Å². The summed E-state index contributed by atoms with van der Waals surface area (Å²) in [6.07, 6.45) is 2.22. The molecule has 3 heterocycles. The third kappa shape index (κ3) is 5.55. The maximum Gasteiger partial charge on any atom is 0.145 e. The van der Waals surface area contributed by atoms with Crippen molar-refractivity contribution in [3.63, 3.8) is 0 Å². The molecule has 2 aromatic carbocycles. The van der Waals surface area contributed by atoms with E-state index in [4.69, 9.17) is 14.7 Å². The molecule has 0 saturated carbocycles. The number of rotatable bonds is 5. The Balaban J connectivity index is 1.52. The van der Waals surface area contributed by atoms with Gasteiger partial charge in [0.2, 0.25) is 0 Å². The smallest absolute Gasteiger partial charge is 0.145 e. The Bertz CT molecular complexity index is 1320. The van der Waals surface area contributed by atoms with Gasteiger partial charge in [-0.15, -0.1) is 0 Å². The van der Waals surface area contributed by atoms with Gasteiger partial charge >= 0.3 is 0 Å². The van der Waals surface area contributed by atoms with E-state index in [0.29, 0.717) is 6.54 Å². The van der Waals surface area contributed by atoms with Crippen molar-refractivity contribution in [3.8, 4) is 11.3 Å². The van der Waals surface area contributed by atoms with Gasteiger partial charge in [0, 0.05) is 35.9 Å². The molecule has 1 fully saturated rings. The highest BCUT2D eigenvalue weighted by atomic mass is 16.5. The summed E-state index contributed by atoms with van der Waals surface area (Å²) in [7, 11) is 0. The number of nitrogens with zero attached hydrogens (tertiary/aromatic N) is 4. The van der Waals surface area contributed by atoms with Gasteiger partial charge in [-0.3, -0.25) is 9.88 Å². The molecule has 0 amide bonds. The zero-order valence-corrected chi connectivity index (χ0v) is 21.8.